The second-order valence-electron chi connectivity index (χ2n) is 1.95. The maximum absolute atomic E-state index is 10.3. The number of rotatable bonds is 2. The van der Waals surface area contributed by atoms with Crippen LogP contribution in [0.5, 0.6) is 0 Å². The van der Waals surface area contributed by atoms with Crippen molar-refractivity contribution >= 4 is 38.9 Å². The molecule has 0 aliphatic heterocycles. The van der Waals surface area contributed by atoms with Crippen molar-refractivity contribution in [3.05, 3.63) is 33.3 Å². The van der Waals surface area contributed by atoms with Crippen molar-refractivity contribution in [2.45, 2.75) is 4.90 Å². The molecule has 6 heteroatoms. The lowest BCUT2D eigenvalue weighted by Crippen LogP contribution is -1.87. The molecule has 0 aromatic heterocycles. The zero-order chi connectivity index (χ0) is 9.14. The highest BCUT2D eigenvalue weighted by molar-refractivity contribution is 8.21. The van der Waals surface area contributed by atoms with Gasteiger partial charge in [0.15, 0.2) is 0 Å². The van der Waals surface area contributed by atoms with Gasteiger partial charge < -0.3 is 0 Å². The topological polar surface area (TPSA) is 43.1 Å². The predicted octanol–water partition coefficient (Wildman–Crippen LogP) is 3.49. The van der Waals surface area contributed by atoms with Gasteiger partial charge in [0, 0.05) is 17.0 Å². The van der Waals surface area contributed by atoms with E-state index in [2.05, 4.69) is 0 Å². The fourth-order valence-electron chi connectivity index (χ4n) is 0.666. The lowest BCUT2D eigenvalue weighted by atomic mass is 10.3. The summed E-state index contributed by atoms with van der Waals surface area (Å²) in [5.41, 5.74) is -0.0329. The van der Waals surface area contributed by atoms with Gasteiger partial charge >= 0.3 is 0 Å². The Morgan fingerprint density at radius 3 is 2.58 bits per heavy atom. The predicted molar refractivity (Wildman–Crippen MR) is 49.8 cm³/mol. The Kier molecular flexibility index (Phi) is 3.20. The largest absolute Gasteiger partial charge is 0.270 e. The van der Waals surface area contributed by atoms with Crippen molar-refractivity contribution in [2.75, 3.05) is 0 Å². The number of nitro groups is 1. The van der Waals surface area contributed by atoms with Crippen LogP contribution in [0.25, 0.3) is 0 Å². The first-order chi connectivity index (χ1) is 5.65. The molecule has 0 spiro atoms. The zero-order valence-electron chi connectivity index (χ0n) is 5.66. The quantitative estimate of drug-likeness (QED) is 0.570. The lowest BCUT2D eigenvalue weighted by molar-refractivity contribution is -0.384. The van der Waals surface area contributed by atoms with Crippen molar-refractivity contribution in [1.29, 1.82) is 0 Å². The minimum absolute atomic E-state index is 0.0329. The van der Waals surface area contributed by atoms with E-state index in [1.165, 1.54) is 18.2 Å². The van der Waals surface area contributed by atoms with Crippen molar-refractivity contribution in [3.63, 3.8) is 0 Å². The molecule has 0 fully saturated rings. The Bertz CT molecular complexity index is 318. The van der Waals surface area contributed by atoms with Crippen LogP contribution in [0, 0.1) is 10.1 Å². The second kappa shape index (κ2) is 3.98. The Hall–Kier alpha value is -0.450. The third-order valence-corrected chi connectivity index (χ3v) is 2.66. The average Bonchev–Trinajstić information content (AvgIpc) is 2.04. The first-order valence-electron chi connectivity index (χ1n) is 2.87. The van der Waals surface area contributed by atoms with E-state index in [9.17, 15) is 10.1 Å². The molecular weight excluding hydrogens is 221 g/mol. The van der Waals surface area contributed by atoms with Gasteiger partial charge in [0.25, 0.3) is 5.69 Å². The molecule has 1 aromatic rings. The average molecular weight is 224 g/mol. The molecule has 0 radical (unpaired) electrons. The van der Waals surface area contributed by atoms with E-state index in [1.807, 2.05) is 0 Å². The maximum atomic E-state index is 10.3. The number of hydrogen-bond acceptors (Lipinski definition) is 3. The summed E-state index contributed by atoms with van der Waals surface area (Å²) in [6.07, 6.45) is 0. The van der Waals surface area contributed by atoms with Crippen LogP contribution in [0.1, 0.15) is 0 Å². The van der Waals surface area contributed by atoms with Gasteiger partial charge in [-0.2, -0.15) is 0 Å². The number of nitrogens with zero attached hydrogens (tertiary/aromatic N) is 1. The van der Waals surface area contributed by atoms with Gasteiger partial charge in [-0.3, -0.25) is 10.1 Å². The molecule has 0 atom stereocenters. The summed E-state index contributed by atoms with van der Waals surface area (Å²) in [6, 6.07) is 4.14. The first-order valence-corrected chi connectivity index (χ1v) is 4.89. The van der Waals surface area contributed by atoms with Crippen molar-refractivity contribution in [3.8, 4) is 0 Å². The van der Waals surface area contributed by atoms with Crippen LogP contribution in [-0.2, 0) is 0 Å². The van der Waals surface area contributed by atoms with Gasteiger partial charge in [0.2, 0.25) is 0 Å². The van der Waals surface area contributed by atoms with Crippen molar-refractivity contribution in [1.82, 2.24) is 0 Å². The fourth-order valence-corrected chi connectivity index (χ4v) is 1.73. The number of hydrogen-bond donors (Lipinski definition) is 0. The summed E-state index contributed by atoms with van der Waals surface area (Å²) in [4.78, 5) is 10.4. The fraction of sp³-hybridized carbons (Fsp3) is 0. The number of non-ortho nitro benzene ring substituents is 1. The molecule has 0 saturated heterocycles. The molecule has 0 amide bonds. The van der Waals surface area contributed by atoms with Crippen LogP contribution in [0.15, 0.2) is 23.1 Å². The van der Waals surface area contributed by atoms with Gasteiger partial charge in [-0.15, -0.1) is 0 Å². The standard InChI is InChI=1S/C6H3Cl2NO2S/c7-5-3-4(9(10)11)1-2-6(5)12-8/h1-3H. The van der Waals surface area contributed by atoms with E-state index in [-0.39, 0.29) is 5.69 Å². The molecule has 1 aromatic carbocycles. The Morgan fingerprint density at radius 1 is 1.50 bits per heavy atom. The van der Waals surface area contributed by atoms with Crippen molar-refractivity contribution < 1.29 is 4.92 Å². The molecule has 64 valence electrons. The number of nitro benzene ring substituents is 1. The zero-order valence-corrected chi connectivity index (χ0v) is 7.99. The summed E-state index contributed by atoms with van der Waals surface area (Å²) in [7, 11) is 6.36. The van der Waals surface area contributed by atoms with Crippen LogP contribution in [-0.4, -0.2) is 4.92 Å². The first kappa shape index (κ1) is 9.64. The lowest BCUT2D eigenvalue weighted by Gasteiger charge is -1.96. The molecule has 0 saturated carbocycles. The molecule has 0 aliphatic rings. The third kappa shape index (κ3) is 2.03. The van der Waals surface area contributed by atoms with Gasteiger partial charge in [-0.1, -0.05) is 11.6 Å². The van der Waals surface area contributed by atoms with Crippen molar-refractivity contribution in [2.24, 2.45) is 0 Å². The van der Waals surface area contributed by atoms with Crippen LogP contribution >= 0.6 is 33.3 Å². The molecular formula is C6H3Cl2NO2S. The summed E-state index contributed by atoms with van der Waals surface area (Å²) in [6.45, 7) is 0. The molecule has 0 unspecified atom stereocenters. The summed E-state index contributed by atoms with van der Waals surface area (Å²) in [5.74, 6) is 0. The monoisotopic (exact) mass is 223 g/mol. The Balaban J connectivity index is 3.10. The van der Waals surface area contributed by atoms with E-state index in [0.29, 0.717) is 9.92 Å². The molecule has 1 rings (SSSR count). The smallest absolute Gasteiger partial charge is 0.258 e. The van der Waals surface area contributed by atoms with E-state index in [0.717, 1.165) is 11.0 Å². The molecule has 0 aliphatic carbocycles. The molecule has 0 heterocycles. The van der Waals surface area contributed by atoms with Crippen LogP contribution < -0.4 is 0 Å². The summed E-state index contributed by atoms with van der Waals surface area (Å²) >= 11 is 5.66. The van der Waals surface area contributed by atoms with E-state index < -0.39 is 4.92 Å². The van der Waals surface area contributed by atoms with Gasteiger partial charge in [0.1, 0.15) is 0 Å². The highest BCUT2D eigenvalue weighted by Gasteiger charge is 2.08. The molecule has 0 bridgehead atoms. The van der Waals surface area contributed by atoms with Gasteiger partial charge in [0.05, 0.1) is 9.95 Å². The normalized spacial score (nSPS) is 9.83. The van der Waals surface area contributed by atoms with Crippen LogP contribution in [0.2, 0.25) is 5.02 Å². The molecule has 12 heavy (non-hydrogen) atoms. The SMILES string of the molecule is O=[N+]([O-])c1ccc(SCl)c(Cl)c1. The number of benzene rings is 1. The highest BCUT2D eigenvalue weighted by atomic mass is 35.7. The Morgan fingerprint density at radius 2 is 2.17 bits per heavy atom. The van der Waals surface area contributed by atoms with Crippen LogP contribution in [0.4, 0.5) is 5.69 Å². The maximum Gasteiger partial charge on any atom is 0.270 e. The minimum Gasteiger partial charge on any atom is -0.258 e. The van der Waals surface area contributed by atoms with Crippen LogP contribution in [0.3, 0.4) is 0 Å². The molecule has 0 N–H and O–H groups in total. The molecule has 3 nitrogen and oxygen atoms in total. The Labute approximate surface area is 82.3 Å². The highest BCUT2D eigenvalue weighted by Crippen LogP contribution is 2.32. The summed E-state index contributed by atoms with van der Waals surface area (Å²) in [5, 5.41) is 10.6. The van der Waals surface area contributed by atoms with E-state index >= 15 is 0 Å². The second-order valence-corrected chi connectivity index (χ2v) is 3.41. The third-order valence-electron chi connectivity index (χ3n) is 1.21. The van der Waals surface area contributed by atoms with E-state index in [4.69, 9.17) is 22.3 Å². The van der Waals surface area contributed by atoms with E-state index in [1.54, 1.807) is 0 Å². The van der Waals surface area contributed by atoms with Gasteiger partial charge in [-0.25, -0.2) is 0 Å². The summed E-state index contributed by atoms with van der Waals surface area (Å²) < 4.78 is 0. The minimum atomic E-state index is -0.505. The number of halogens is 2. The van der Waals surface area contributed by atoms with Gasteiger partial charge in [-0.05, 0) is 27.7 Å².